The molecule has 64 heavy (non-hydrogen) atoms. The summed E-state index contributed by atoms with van der Waals surface area (Å²) < 4.78 is 129. The lowest BCUT2D eigenvalue weighted by atomic mass is 9.78. The average molecular weight is 1010 g/mol. The Bertz CT molecular complexity index is 2450. The number of aromatic nitrogens is 4. The third-order valence-electron chi connectivity index (χ3n) is 10.1. The van der Waals surface area contributed by atoms with E-state index in [0.29, 0.717) is 22.5 Å². The van der Waals surface area contributed by atoms with E-state index in [2.05, 4.69) is 32.8 Å². The lowest BCUT2D eigenvalue weighted by Gasteiger charge is -2.32. The lowest BCUT2D eigenvalue weighted by Crippen LogP contribution is -2.41. The van der Waals surface area contributed by atoms with Crippen molar-refractivity contribution in [2.75, 3.05) is 11.5 Å². The third kappa shape index (κ3) is 13.3. The summed E-state index contributed by atoms with van der Waals surface area (Å²) in [5, 5.41) is 8.38. The van der Waals surface area contributed by atoms with Gasteiger partial charge < -0.3 is 30.2 Å². The maximum absolute atomic E-state index is 14.1. The van der Waals surface area contributed by atoms with Crippen LogP contribution in [0.15, 0.2) is 109 Å². The van der Waals surface area contributed by atoms with Gasteiger partial charge in [-0.25, -0.2) is 18.1 Å². The second kappa shape index (κ2) is 20.4. The van der Waals surface area contributed by atoms with Gasteiger partial charge in [-0.3, -0.25) is 0 Å². The number of halogens is 9. The van der Waals surface area contributed by atoms with Gasteiger partial charge in [0.1, 0.15) is 27.0 Å². The molecule has 0 unspecified atom stereocenters. The first-order valence-corrected chi connectivity index (χ1v) is 20.7. The zero-order valence-electron chi connectivity index (χ0n) is 35.5. The Morgan fingerprint density at radius 1 is 0.641 bits per heavy atom. The van der Waals surface area contributed by atoms with Gasteiger partial charge in [0.25, 0.3) is 0 Å². The highest BCUT2D eigenvalue weighted by molar-refractivity contribution is 14.1. The van der Waals surface area contributed by atoms with Gasteiger partial charge in [0, 0.05) is 17.7 Å². The Hall–Kier alpha value is -5.03. The molecule has 10 nitrogen and oxygen atoms in total. The van der Waals surface area contributed by atoms with Crippen LogP contribution in [-0.4, -0.2) is 62.4 Å². The van der Waals surface area contributed by atoms with Crippen molar-refractivity contribution in [1.82, 2.24) is 19.6 Å². The predicted octanol–water partition coefficient (Wildman–Crippen LogP) is 10.4. The van der Waals surface area contributed by atoms with Crippen LogP contribution in [0, 0.1) is 15.3 Å². The molecule has 0 aliphatic carbocycles. The number of alkyl halides is 6. The fraction of sp³-hybridized carbons (Fsp3) is 0.318. The van der Waals surface area contributed by atoms with E-state index in [9.17, 15) is 35.1 Å². The number of anilines is 2. The fourth-order valence-electron chi connectivity index (χ4n) is 5.88. The quantitative estimate of drug-likeness (QED) is 0.0790. The number of rotatable bonds is 10. The first-order valence-electron chi connectivity index (χ1n) is 19.6. The normalized spacial score (nSPS) is 15.5. The summed E-state index contributed by atoms with van der Waals surface area (Å²) >= 11 is 2.21. The van der Waals surface area contributed by atoms with Crippen LogP contribution in [0.1, 0.15) is 52.7 Å². The van der Waals surface area contributed by atoms with Crippen LogP contribution in [0.5, 0.6) is 0 Å². The minimum Gasteiger partial charge on any atom is -0.399 e. The van der Waals surface area contributed by atoms with Crippen molar-refractivity contribution in [3.63, 3.8) is 0 Å². The number of ether oxygens (including phenoxy) is 2. The summed E-state index contributed by atoms with van der Waals surface area (Å²) in [5.74, 6) is -0.388. The van der Waals surface area contributed by atoms with Crippen molar-refractivity contribution < 1.29 is 53.9 Å². The molecule has 0 radical (unpaired) electrons. The molecule has 4 N–H and O–H groups in total. The first kappa shape index (κ1) is 50.0. The molecule has 2 atom stereocenters. The van der Waals surface area contributed by atoms with Gasteiger partial charge in [-0.1, -0.05) is 42.5 Å². The molecule has 342 valence electrons. The molecule has 0 saturated carbocycles. The van der Waals surface area contributed by atoms with Crippen molar-refractivity contribution in [3.8, 4) is 22.6 Å². The smallest absolute Gasteiger partial charge is 0.399 e. The summed E-state index contributed by atoms with van der Waals surface area (Å²) in [7, 11) is -0.788. The van der Waals surface area contributed by atoms with Crippen LogP contribution in [0.3, 0.4) is 0 Å². The van der Waals surface area contributed by atoms with Crippen LogP contribution in [-0.2, 0) is 32.0 Å². The van der Waals surface area contributed by atoms with Crippen molar-refractivity contribution in [1.29, 1.82) is 0 Å². The van der Waals surface area contributed by atoms with Crippen LogP contribution < -0.4 is 16.9 Å². The molecule has 7 rings (SSSR count). The zero-order valence-corrected chi connectivity index (χ0v) is 37.7. The zero-order chi connectivity index (χ0) is 47.2. The Morgan fingerprint density at radius 2 is 1.08 bits per heavy atom. The molecule has 1 saturated heterocycles. The van der Waals surface area contributed by atoms with Crippen LogP contribution >= 0.6 is 22.6 Å². The number of benzene rings is 4. The monoisotopic (exact) mass is 1010 g/mol. The lowest BCUT2D eigenvalue weighted by molar-refractivity contribution is -0.217. The highest BCUT2D eigenvalue weighted by Gasteiger charge is 2.52. The highest BCUT2D eigenvalue weighted by Crippen LogP contribution is 2.37. The molecular weight excluding hydrogens is 966 g/mol. The molecule has 0 amide bonds. The van der Waals surface area contributed by atoms with Gasteiger partial charge in [0.2, 0.25) is 0 Å². The van der Waals surface area contributed by atoms with Crippen LogP contribution in [0.4, 0.5) is 46.8 Å². The SMILES string of the molecule is C[C@@H](OCc1cc(F)cc(-c2cc(N)nn2-c2ccccc2)c1)C(F)(F)F.C[C@@H](OCc1cc(F)cc(B2OC(C)(C)C(C)(C)O2)c1)C(F)(F)F.Nc1cc(I)n(-c2ccccc2)n1. The first-order chi connectivity index (χ1) is 29.8. The van der Waals surface area contributed by atoms with Gasteiger partial charge >= 0.3 is 19.5 Å². The summed E-state index contributed by atoms with van der Waals surface area (Å²) in [6, 6.07) is 30.3. The largest absolute Gasteiger partial charge is 0.494 e. The summed E-state index contributed by atoms with van der Waals surface area (Å²) in [6.07, 6.45) is -12.8. The average Bonchev–Trinajstić information content (AvgIpc) is 3.85. The number of nitrogen functional groups attached to an aromatic ring is 2. The summed E-state index contributed by atoms with van der Waals surface area (Å²) in [6.45, 7) is 8.54. The van der Waals surface area contributed by atoms with E-state index in [1.54, 1.807) is 16.8 Å². The van der Waals surface area contributed by atoms with E-state index in [0.717, 1.165) is 41.1 Å². The number of hydrogen-bond acceptors (Lipinski definition) is 8. The molecule has 4 aromatic carbocycles. The van der Waals surface area contributed by atoms with Gasteiger partial charge in [0.15, 0.2) is 12.2 Å². The minimum atomic E-state index is -4.48. The van der Waals surface area contributed by atoms with E-state index < -0.39 is 54.5 Å². The topological polar surface area (TPSA) is 125 Å². The molecule has 1 aliphatic heterocycles. The highest BCUT2D eigenvalue weighted by atomic mass is 127. The second-order valence-corrected chi connectivity index (χ2v) is 16.8. The van der Waals surface area contributed by atoms with E-state index >= 15 is 0 Å². The maximum Gasteiger partial charge on any atom is 0.494 e. The second-order valence-electron chi connectivity index (χ2n) is 15.7. The molecule has 20 heteroatoms. The summed E-state index contributed by atoms with van der Waals surface area (Å²) in [4.78, 5) is 0. The maximum atomic E-state index is 14.1. The fourth-order valence-corrected chi connectivity index (χ4v) is 6.59. The van der Waals surface area contributed by atoms with E-state index in [1.165, 1.54) is 18.2 Å². The standard InChI is InChI=1S/C19H17F4N3O.C16H21BF4O3.C9H8IN3/c1-12(19(21,22)23)27-11-13-7-14(9-15(20)8-13)17-10-18(24)25-26(17)16-5-3-2-4-6-16;1-10(16(19,20)21)22-9-11-6-12(8-13(18)7-11)17-23-14(2,3)15(4,5)24-17;10-8-6-9(11)12-13(8)7-4-2-1-3-5-7/h2-10,12H,11H2,1H3,(H2,24,25);6-8,10H,9H2,1-5H3;1-6H,(H2,11,12)/t12-;10-;/m11./s1. The molecule has 0 spiro atoms. The number of para-hydroxylation sites is 2. The van der Waals surface area contributed by atoms with Gasteiger partial charge in [-0.05, 0) is 135 Å². The number of nitrogens with two attached hydrogens (primary N) is 2. The Kier molecular flexibility index (Phi) is 16.0. The van der Waals surface area contributed by atoms with Crippen molar-refractivity contribution in [2.24, 2.45) is 0 Å². The molecule has 1 fully saturated rings. The molecule has 3 heterocycles. The molecule has 0 bridgehead atoms. The molecular formula is C44H46BF8IN6O4. The van der Waals surface area contributed by atoms with E-state index in [-0.39, 0.29) is 30.2 Å². The predicted molar refractivity (Wildman–Crippen MR) is 237 cm³/mol. The van der Waals surface area contributed by atoms with Gasteiger partial charge in [-0.15, -0.1) is 5.10 Å². The number of nitrogens with zero attached hydrogens (tertiary/aromatic N) is 4. The Balaban J connectivity index is 0.000000191. The number of hydrogen-bond donors (Lipinski definition) is 2. The third-order valence-corrected chi connectivity index (χ3v) is 10.9. The van der Waals surface area contributed by atoms with Crippen LogP contribution in [0.2, 0.25) is 0 Å². The van der Waals surface area contributed by atoms with E-state index in [1.807, 2.05) is 99.1 Å². The molecule has 1 aliphatic rings. The molecule has 6 aromatic rings. The van der Waals surface area contributed by atoms with Gasteiger partial charge in [-0.2, -0.15) is 31.4 Å². The van der Waals surface area contributed by atoms with Crippen molar-refractivity contribution in [3.05, 3.63) is 136 Å². The Morgan fingerprint density at radius 3 is 1.55 bits per heavy atom. The summed E-state index contributed by atoms with van der Waals surface area (Å²) in [5.41, 5.74) is 13.9. The Labute approximate surface area is 379 Å². The van der Waals surface area contributed by atoms with Crippen molar-refractivity contribution >= 4 is 46.8 Å². The minimum absolute atomic E-state index is 0.238. The van der Waals surface area contributed by atoms with Crippen molar-refractivity contribution in [2.45, 2.75) is 90.5 Å². The van der Waals surface area contributed by atoms with E-state index in [4.69, 9.17) is 30.2 Å². The van der Waals surface area contributed by atoms with Gasteiger partial charge in [0.05, 0.1) is 41.5 Å². The molecule has 2 aromatic heterocycles. The van der Waals surface area contributed by atoms with Crippen LogP contribution in [0.25, 0.3) is 22.6 Å².